The molecule has 1 aromatic carbocycles. The van der Waals surface area contributed by atoms with Crippen LogP contribution in [0.2, 0.25) is 0 Å². The molecule has 20 heavy (non-hydrogen) atoms. The minimum absolute atomic E-state index is 0.0222. The Labute approximate surface area is 115 Å². The Morgan fingerprint density at radius 2 is 1.90 bits per heavy atom. The number of nitrogens with two attached hydrogens (primary N) is 1. The Hall–Kier alpha value is -1.82. The SMILES string of the molecule is NC(c1ccccc1)c1cncn1CCCC(F)(F)F. The maximum absolute atomic E-state index is 12.2. The summed E-state index contributed by atoms with van der Waals surface area (Å²) in [5.74, 6) is 0. The van der Waals surface area contributed by atoms with Gasteiger partial charge in [0, 0.05) is 13.0 Å². The Balaban J connectivity index is 2.05. The van der Waals surface area contributed by atoms with Crippen LogP contribution in [0.3, 0.4) is 0 Å². The van der Waals surface area contributed by atoms with Crippen LogP contribution >= 0.6 is 0 Å². The van der Waals surface area contributed by atoms with Gasteiger partial charge in [0.05, 0.1) is 24.3 Å². The van der Waals surface area contributed by atoms with Gasteiger partial charge in [-0.15, -0.1) is 0 Å². The molecule has 0 aliphatic rings. The lowest BCUT2D eigenvalue weighted by molar-refractivity contribution is -0.135. The number of benzene rings is 1. The van der Waals surface area contributed by atoms with Crippen molar-refractivity contribution in [1.29, 1.82) is 0 Å². The number of aryl methyl sites for hydroxylation is 1. The molecule has 0 aliphatic heterocycles. The van der Waals surface area contributed by atoms with E-state index in [0.717, 1.165) is 11.3 Å². The highest BCUT2D eigenvalue weighted by Crippen LogP contribution is 2.23. The van der Waals surface area contributed by atoms with Crippen LogP contribution in [0.5, 0.6) is 0 Å². The lowest BCUT2D eigenvalue weighted by atomic mass is 10.1. The van der Waals surface area contributed by atoms with Crippen LogP contribution < -0.4 is 5.73 Å². The average Bonchev–Trinajstić information content (AvgIpc) is 2.86. The van der Waals surface area contributed by atoms with E-state index in [4.69, 9.17) is 5.73 Å². The van der Waals surface area contributed by atoms with Crippen LogP contribution in [0.4, 0.5) is 13.2 Å². The zero-order valence-electron chi connectivity index (χ0n) is 10.8. The monoisotopic (exact) mass is 283 g/mol. The Bertz CT molecular complexity index is 534. The summed E-state index contributed by atoms with van der Waals surface area (Å²) in [5.41, 5.74) is 7.76. The van der Waals surface area contributed by atoms with E-state index < -0.39 is 12.6 Å². The molecule has 0 spiro atoms. The molecule has 0 amide bonds. The molecule has 1 aromatic heterocycles. The molecule has 0 saturated carbocycles. The van der Waals surface area contributed by atoms with Crippen molar-refractivity contribution in [2.75, 3.05) is 0 Å². The molecular weight excluding hydrogens is 267 g/mol. The van der Waals surface area contributed by atoms with Gasteiger partial charge in [-0.25, -0.2) is 4.98 Å². The number of rotatable bonds is 5. The van der Waals surface area contributed by atoms with E-state index in [0.29, 0.717) is 0 Å². The van der Waals surface area contributed by atoms with Crippen molar-refractivity contribution in [3.63, 3.8) is 0 Å². The summed E-state index contributed by atoms with van der Waals surface area (Å²) in [7, 11) is 0. The van der Waals surface area contributed by atoms with Crippen molar-refractivity contribution in [3.05, 3.63) is 54.1 Å². The van der Waals surface area contributed by atoms with Crippen LogP contribution in [-0.4, -0.2) is 15.7 Å². The third-order valence-electron chi connectivity index (χ3n) is 3.08. The lowest BCUT2D eigenvalue weighted by Crippen LogP contribution is -2.17. The maximum Gasteiger partial charge on any atom is 0.389 e. The highest BCUT2D eigenvalue weighted by atomic mass is 19.4. The summed E-state index contributed by atoms with van der Waals surface area (Å²) >= 11 is 0. The van der Waals surface area contributed by atoms with Crippen LogP contribution in [0.15, 0.2) is 42.9 Å². The summed E-state index contributed by atoms with van der Waals surface area (Å²) < 4.78 is 38.2. The summed E-state index contributed by atoms with van der Waals surface area (Å²) in [4.78, 5) is 3.99. The minimum atomic E-state index is -4.12. The summed E-state index contributed by atoms with van der Waals surface area (Å²) in [6.45, 7) is 0.259. The van der Waals surface area contributed by atoms with Crippen molar-refractivity contribution in [3.8, 4) is 0 Å². The molecule has 0 aliphatic carbocycles. The number of hydrogen-bond donors (Lipinski definition) is 1. The first-order chi connectivity index (χ1) is 9.47. The predicted octanol–water partition coefficient (Wildman–Crippen LogP) is 3.27. The summed E-state index contributed by atoms with van der Waals surface area (Å²) in [6.07, 6.45) is -1.78. The molecule has 1 atom stereocenters. The molecule has 0 saturated heterocycles. The number of halogens is 3. The van der Waals surface area contributed by atoms with Gasteiger partial charge in [-0.3, -0.25) is 0 Å². The molecule has 0 radical (unpaired) electrons. The first kappa shape index (κ1) is 14.6. The first-order valence-electron chi connectivity index (χ1n) is 6.34. The number of alkyl halides is 3. The van der Waals surface area contributed by atoms with Crippen molar-refractivity contribution < 1.29 is 13.2 Å². The van der Waals surface area contributed by atoms with Crippen LogP contribution in [0.1, 0.15) is 30.1 Å². The van der Waals surface area contributed by atoms with Gasteiger partial charge >= 0.3 is 6.18 Å². The van der Waals surface area contributed by atoms with Gasteiger partial charge < -0.3 is 10.3 Å². The molecule has 0 fully saturated rings. The zero-order chi connectivity index (χ0) is 14.6. The minimum Gasteiger partial charge on any atom is -0.333 e. The lowest BCUT2D eigenvalue weighted by Gasteiger charge is -2.15. The third-order valence-corrected chi connectivity index (χ3v) is 3.08. The van der Waals surface area contributed by atoms with Crippen molar-refractivity contribution >= 4 is 0 Å². The molecule has 108 valence electrons. The Kier molecular flexibility index (Phi) is 4.44. The van der Waals surface area contributed by atoms with Gasteiger partial charge in [-0.2, -0.15) is 13.2 Å². The van der Waals surface area contributed by atoms with Gasteiger partial charge in [0.1, 0.15) is 0 Å². The standard InChI is InChI=1S/C14H16F3N3/c15-14(16,17)7-4-8-20-10-19-9-12(20)13(18)11-5-2-1-3-6-11/h1-3,5-6,9-10,13H,4,7-8,18H2. The number of aromatic nitrogens is 2. The molecule has 2 aromatic rings. The highest BCUT2D eigenvalue weighted by Gasteiger charge is 2.26. The second-order valence-electron chi connectivity index (χ2n) is 4.62. The largest absolute Gasteiger partial charge is 0.389 e. The van der Waals surface area contributed by atoms with E-state index >= 15 is 0 Å². The normalized spacial score (nSPS) is 13.4. The molecular formula is C14H16F3N3. The molecule has 1 unspecified atom stereocenters. The zero-order valence-corrected chi connectivity index (χ0v) is 10.8. The second-order valence-corrected chi connectivity index (χ2v) is 4.62. The molecule has 2 N–H and O–H groups in total. The molecule has 6 heteroatoms. The van der Waals surface area contributed by atoms with Crippen molar-refractivity contribution in [2.24, 2.45) is 5.73 Å². The fraction of sp³-hybridized carbons (Fsp3) is 0.357. The topological polar surface area (TPSA) is 43.8 Å². The van der Waals surface area contributed by atoms with E-state index in [1.165, 1.54) is 6.33 Å². The molecule has 1 heterocycles. The fourth-order valence-electron chi connectivity index (χ4n) is 2.06. The number of imidazole rings is 1. The Morgan fingerprint density at radius 3 is 2.55 bits per heavy atom. The predicted molar refractivity (Wildman–Crippen MR) is 70.0 cm³/mol. The van der Waals surface area contributed by atoms with Crippen molar-refractivity contribution in [1.82, 2.24) is 9.55 Å². The molecule has 2 rings (SSSR count). The van der Waals surface area contributed by atoms with Gasteiger partial charge in [0.15, 0.2) is 0 Å². The van der Waals surface area contributed by atoms with E-state index in [1.807, 2.05) is 30.3 Å². The Morgan fingerprint density at radius 1 is 1.20 bits per heavy atom. The second kappa shape index (κ2) is 6.09. The molecule has 0 bridgehead atoms. The number of hydrogen-bond acceptors (Lipinski definition) is 2. The summed E-state index contributed by atoms with van der Waals surface area (Å²) in [6, 6.07) is 9.02. The highest BCUT2D eigenvalue weighted by molar-refractivity contribution is 5.26. The van der Waals surface area contributed by atoms with Crippen LogP contribution in [0.25, 0.3) is 0 Å². The van der Waals surface area contributed by atoms with E-state index in [9.17, 15) is 13.2 Å². The van der Waals surface area contributed by atoms with E-state index in [2.05, 4.69) is 4.98 Å². The van der Waals surface area contributed by atoms with Crippen LogP contribution in [0, 0.1) is 0 Å². The van der Waals surface area contributed by atoms with Gasteiger partial charge in [0.25, 0.3) is 0 Å². The van der Waals surface area contributed by atoms with Gasteiger partial charge in [-0.05, 0) is 12.0 Å². The van der Waals surface area contributed by atoms with Crippen molar-refractivity contribution in [2.45, 2.75) is 31.6 Å². The summed E-state index contributed by atoms with van der Waals surface area (Å²) in [5, 5.41) is 0. The smallest absolute Gasteiger partial charge is 0.333 e. The fourth-order valence-corrected chi connectivity index (χ4v) is 2.06. The quantitative estimate of drug-likeness (QED) is 0.915. The maximum atomic E-state index is 12.2. The number of nitrogens with zero attached hydrogens (tertiary/aromatic N) is 2. The van der Waals surface area contributed by atoms with E-state index in [1.54, 1.807) is 10.8 Å². The average molecular weight is 283 g/mol. The van der Waals surface area contributed by atoms with E-state index in [-0.39, 0.29) is 19.0 Å². The van der Waals surface area contributed by atoms with Gasteiger partial charge in [0.2, 0.25) is 0 Å². The van der Waals surface area contributed by atoms with Crippen LogP contribution in [-0.2, 0) is 6.54 Å². The first-order valence-corrected chi connectivity index (χ1v) is 6.34. The third kappa shape index (κ3) is 3.84. The van der Waals surface area contributed by atoms with Gasteiger partial charge in [-0.1, -0.05) is 30.3 Å². The molecule has 3 nitrogen and oxygen atoms in total.